The fourth-order valence-electron chi connectivity index (χ4n) is 3.07. The van der Waals surface area contributed by atoms with Gasteiger partial charge in [-0.25, -0.2) is 4.79 Å². The number of nitrogens with zero attached hydrogens (tertiary/aromatic N) is 2. The summed E-state index contributed by atoms with van der Waals surface area (Å²) >= 11 is 0. The van der Waals surface area contributed by atoms with Crippen LogP contribution >= 0.6 is 0 Å². The Balaban J connectivity index is 1.99. The van der Waals surface area contributed by atoms with Crippen LogP contribution in [-0.4, -0.2) is 53.5 Å². The summed E-state index contributed by atoms with van der Waals surface area (Å²) in [6.07, 6.45) is 5.78. The second-order valence-electron chi connectivity index (χ2n) is 6.22. The van der Waals surface area contributed by atoms with E-state index in [-0.39, 0.29) is 18.0 Å². The Morgan fingerprint density at radius 2 is 1.84 bits per heavy atom. The zero-order valence-corrected chi connectivity index (χ0v) is 12.2. The summed E-state index contributed by atoms with van der Waals surface area (Å²) in [4.78, 5) is 27.9. The SMILES string of the molecule is CN1CCN(C(=O)NC2CCCCC2)C(C)(C)C1=O. The lowest BCUT2D eigenvalue weighted by atomic mass is 9.95. The Morgan fingerprint density at radius 1 is 1.21 bits per heavy atom. The van der Waals surface area contributed by atoms with Gasteiger partial charge in [-0.1, -0.05) is 19.3 Å². The average molecular weight is 267 g/mol. The highest BCUT2D eigenvalue weighted by Crippen LogP contribution is 2.23. The minimum atomic E-state index is -0.744. The largest absolute Gasteiger partial charge is 0.342 e. The van der Waals surface area contributed by atoms with Crippen molar-refractivity contribution in [3.63, 3.8) is 0 Å². The molecule has 2 fully saturated rings. The van der Waals surface area contributed by atoms with Crippen LogP contribution in [0.5, 0.6) is 0 Å². The second kappa shape index (κ2) is 5.39. The molecule has 0 spiro atoms. The number of rotatable bonds is 1. The van der Waals surface area contributed by atoms with E-state index in [1.54, 1.807) is 16.8 Å². The normalized spacial score (nSPS) is 24.5. The highest BCUT2D eigenvalue weighted by molar-refractivity contribution is 5.91. The van der Waals surface area contributed by atoms with E-state index in [1.807, 2.05) is 13.8 Å². The molecule has 2 rings (SSSR count). The molecule has 2 aliphatic rings. The van der Waals surface area contributed by atoms with Crippen LogP contribution in [0.1, 0.15) is 46.0 Å². The minimum absolute atomic E-state index is 0.0116. The predicted molar refractivity (Wildman–Crippen MR) is 73.8 cm³/mol. The maximum Gasteiger partial charge on any atom is 0.318 e. The molecule has 1 N–H and O–H groups in total. The Hall–Kier alpha value is -1.26. The molecular formula is C14H25N3O2. The summed E-state index contributed by atoms with van der Waals surface area (Å²) in [5, 5.41) is 3.10. The molecule has 5 nitrogen and oxygen atoms in total. The highest BCUT2D eigenvalue weighted by Gasteiger charge is 2.43. The number of urea groups is 1. The molecule has 1 saturated heterocycles. The molecule has 0 aromatic heterocycles. The van der Waals surface area contributed by atoms with Crippen LogP contribution in [0.3, 0.4) is 0 Å². The van der Waals surface area contributed by atoms with Gasteiger partial charge in [0.05, 0.1) is 0 Å². The van der Waals surface area contributed by atoms with Crippen molar-refractivity contribution < 1.29 is 9.59 Å². The maximum atomic E-state index is 12.4. The first-order valence-electron chi connectivity index (χ1n) is 7.26. The average Bonchev–Trinajstić information content (AvgIpc) is 2.37. The van der Waals surface area contributed by atoms with E-state index in [2.05, 4.69) is 5.32 Å². The molecule has 1 heterocycles. The standard InChI is InChI=1S/C14H25N3O2/c1-14(2)12(18)16(3)9-10-17(14)13(19)15-11-7-5-4-6-8-11/h11H,4-10H2,1-3H3,(H,15,19). The summed E-state index contributed by atoms with van der Waals surface area (Å²) in [6, 6.07) is 0.199. The first-order valence-corrected chi connectivity index (χ1v) is 7.26. The first kappa shape index (κ1) is 14.2. The van der Waals surface area contributed by atoms with Crippen molar-refractivity contribution in [1.29, 1.82) is 0 Å². The molecule has 108 valence electrons. The monoisotopic (exact) mass is 267 g/mol. The molecule has 3 amide bonds. The molecule has 0 aromatic rings. The van der Waals surface area contributed by atoms with E-state index in [0.29, 0.717) is 13.1 Å². The van der Waals surface area contributed by atoms with Gasteiger partial charge < -0.3 is 15.1 Å². The summed E-state index contributed by atoms with van der Waals surface area (Å²) in [5.41, 5.74) is -0.744. The van der Waals surface area contributed by atoms with E-state index in [1.165, 1.54) is 19.3 Å². The number of hydrogen-bond donors (Lipinski definition) is 1. The van der Waals surface area contributed by atoms with Crippen LogP contribution in [0.2, 0.25) is 0 Å². The van der Waals surface area contributed by atoms with Crippen molar-refractivity contribution in [3.8, 4) is 0 Å². The lowest BCUT2D eigenvalue weighted by Crippen LogP contribution is -2.65. The summed E-state index contributed by atoms with van der Waals surface area (Å²) in [7, 11) is 1.79. The highest BCUT2D eigenvalue weighted by atomic mass is 16.2. The second-order valence-corrected chi connectivity index (χ2v) is 6.22. The van der Waals surface area contributed by atoms with Gasteiger partial charge in [0.15, 0.2) is 0 Å². The number of likely N-dealkylation sites (N-methyl/N-ethyl adjacent to an activating group) is 1. The van der Waals surface area contributed by atoms with Gasteiger partial charge >= 0.3 is 6.03 Å². The van der Waals surface area contributed by atoms with Crippen LogP contribution in [0, 0.1) is 0 Å². The molecular weight excluding hydrogens is 242 g/mol. The van der Waals surface area contributed by atoms with Gasteiger partial charge in [0.2, 0.25) is 5.91 Å². The van der Waals surface area contributed by atoms with Crippen molar-refractivity contribution >= 4 is 11.9 Å². The summed E-state index contributed by atoms with van der Waals surface area (Å²) in [5.74, 6) is 0.0116. The Morgan fingerprint density at radius 3 is 2.47 bits per heavy atom. The smallest absolute Gasteiger partial charge is 0.318 e. The quantitative estimate of drug-likeness (QED) is 0.784. The van der Waals surface area contributed by atoms with Gasteiger partial charge in [-0.05, 0) is 26.7 Å². The third kappa shape index (κ3) is 2.85. The van der Waals surface area contributed by atoms with E-state index < -0.39 is 5.54 Å². The Bertz CT molecular complexity index is 362. The summed E-state index contributed by atoms with van der Waals surface area (Å²) < 4.78 is 0. The maximum absolute atomic E-state index is 12.4. The zero-order chi connectivity index (χ0) is 14.0. The third-order valence-electron chi connectivity index (χ3n) is 4.38. The lowest BCUT2D eigenvalue weighted by Gasteiger charge is -2.45. The molecule has 0 aromatic carbocycles. The van der Waals surface area contributed by atoms with Crippen LogP contribution in [0.4, 0.5) is 4.79 Å². The first-order chi connectivity index (χ1) is 8.93. The molecule has 19 heavy (non-hydrogen) atoms. The fraction of sp³-hybridized carbons (Fsp3) is 0.857. The van der Waals surface area contributed by atoms with Crippen LogP contribution < -0.4 is 5.32 Å². The van der Waals surface area contributed by atoms with Crippen molar-refractivity contribution in [2.45, 2.75) is 57.5 Å². The molecule has 1 aliphatic heterocycles. The van der Waals surface area contributed by atoms with Crippen molar-refractivity contribution in [1.82, 2.24) is 15.1 Å². The number of hydrogen-bond acceptors (Lipinski definition) is 2. The van der Waals surface area contributed by atoms with Crippen molar-refractivity contribution in [2.75, 3.05) is 20.1 Å². The Kier molecular flexibility index (Phi) is 4.02. The van der Waals surface area contributed by atoms with E-state index in [9.17, 15) is 9.59 Å². The van der Waals surface area contributed by atoms with Crippen molar-refractivity contribution in [3.05, 3.63) is 0 Å². The third-order valence-corrected chi connectivity index (χ3v) is 4.38. The Labute approximate surface area is 115 Å². The van der Waals surface area contributed by atoms with Crippen LogP contribution in [0.15, 0.2) is 0 Å². The molecule has 5 heteroatoms. The van der Waals surface area contributed by atoms with Gasteiger partial charge in [-0.15, -0.1) is 0 Å². The van der Waals surface area contributed by atoms with Gasteiger partial charge in [0.1, 0.15) is 5.54 Å². The minimum Gasteiger partial charge on any atom is -0.342 e. The number of carbonyl (C=O) groups excluding carboxylic acids is 2. The van der Waals surface area contributed by atoms with Gasteiger partial charge in [-0.2, -0.15) is 0 Å². The number of piperazine rings is 1. The molecule has 0 bridgehead atoms. The molecule has 1 saturated carbocycles. The molecule has 1 aliphatic carbocycles. The van der Waals surface area contributed by atoms with E-state index in [0.717, 1.165) is 12.8 Å². The van der Waals surface area contributed by atoms with Gasteiger partial charge in [0, 0.05) is 26.2 Å². The number of carbonyl (C=O) groups is 2. The molecule has 0 unspecified atom stereocenters. The van der Waals surface area contributed by atoms with E-state index in [4.69, 9.17) is 0 Å². The van der Waals surface area contributed by atoms with Crippen LogP contribution in [-0.2, 0) is 4.79 Å². The van der Waals surface area contributed by atoms with Gasteiger partial charge in [0.25, 0.3) is 0 Å². The summed E-state index contributed by atoms with van der Waals surface area (Å²) in [6.45, 7) is 4.87. The van der Waals surface area contributed by atoms with Gasteiger partial charge in [-0.3, -0.25) is 4.79 Å². The zero-order valence-electron chi connectivity index (χ0n) is 12.2. The lowest BCUT2D eigenvalue weighted by molar-refractivity contribution is -0.144. The number of amides is 3. The predicted octanol–water partition coefficient (Wildman–Crippen LogP) is 1.58. The molecule has 0 radical (unpaired) electrons. The van der Waals surface area contributed by atoms with Crippen molar-refractivity contribution in [2.24, 2.45) is 0 Å². The fourth-order valence-corrected chi connectivity index (χ4v) is 3.07. The molecule has 0 atom stereocenters. The topological polar surface area (TPSA) is 52.6 Å². The van der Waals surface area contributed by atoms with E-state index >= 15 is 0 Å². The van der Waals surface area contributed by atoms with Crippen LogP contribution in [0.25, 0.3) is 0 Å². The number of nitrogens with one attached hydrogen (secondary N) is 1.